The summed E-state index contributed by atoms with van der Waals surface area (Å²) in [6.45, 7) is 4.42. The van der Waals surface area contributed by atoms with E-state index in [2.05, 4.69) is 10.3 Å². The van der Waals surface area contributed by atoms with Crippen molar-refractivity contribution in [2.75, 3.05) is 39.6 Å². The molecule has 2 aliphatic rings. The van der Waals surface area contributed by atoms with Crippen molar-refractivity contribution in [3.63, 3.8) is 0 Å². The second kappa shape index (κ2) is 10.6. The molecule has 0 spiro atoms. The average molecular weight is 498 g/mol. The number of hydrogen-bond acceptors (Lipinski definition) is 7. The summed E-state index contributed by atoms with van der Waals surface area (Å²) in [6.07, 6.45) is 3.86. The molecule has 2 saturated heterocycles. The highest BCUT2D eigenvalue weighted by Crippen LogP contribution is 2.37. The molecule has 10 heteroatoms. The molecule has 194 valence electrons. The summed E-state index contributed by atoms with van der Waals surface area (Å²) in [4.78, 5) is 32.2. The Morgan fingerprint density at radius 1 is 1.28 bits per heavy atom. The third-order valence-corrected chi connectivity index (χ3v) is 6.90. The van der Waals surface area contributed by atoms with Gasteiger partial charge in [-0.15, -0.1) is 0 Å². The molecule has 3 unspecified atom stereocenters. The van der Waals surface area contributed by atoms with Crippen molar-refractivity contribution >= 4 is 11.8 Å². The number of nitrogens with zero attached hydrogens (tertiary/aromatic N) is 3. The van der Waals surface area contributed by atoms with E-state index in [4.69, 9.17) is 15.2 Å². The van der Waals surface area contributed by atoms with Crippen molar-refractivity contribution < 1.29 is 23.7 Å². The van der Waals surface area contributed by atoms with E-state index in [1.54, 1.807) is 31.1 Å². The molecule has 2 amide bonds. The van der Waals surface area contributed by atoms with Crippen LogP contribution in [0.3, 0.4) is 0 Å². The minimum Gasteiger partial charge on any atom is -0.631 e. The second-order valence-corrected chi connectivity index (χ2v) is 10.4. The molecule has 0 radical (unpaired) electrons. The first-order chi connectivity index (χ1) is 17.1. The molecule has 2 fully saturated rings. The third-order valence-electron chi connectivity index (χ3n) is 6.90. The van der Waals surface area contributed by atoms with E-state index in [1.807, 2.05) is 42.5 Å². The van der Waals surface area contributed by atoms with Gasteiger partial charge in [-0.3, -0.25) is 14.6 Å². The number of quaternary nitrogens is 1. The van der Waals surface area contributed by atoms with E-state index in [1.165, 1.54) is 0 Å². The third kappa shape index (κ3) is 5.74. The van der Waals surface area contributed by atoms with Gasteiger partial charge < -0.3 is 35.3 Å². The van der Waals surface area contributed by atoms with Crippen LogP contribution in [0.2, 0.25) is 0 Å². The highest BCUT2D eigenvalue weighted by atomic mass is 16.6. The number of pyridine rings is 1. The molecule has 2 aliphatic heterocycles. The van der Waals surface area contributed by atoms with Crippen LogP contribution in [-0.2, 0) is 32.1 Å². The second-order valence-electron chi connectivity index (χ2n) is 10.4. The van der Waals surface area contributed by atoms with Crippen molar-refractivity contribution in [3.05, 3.63) is 71.2 Å². The van der Waals surface area contributed by atoms with Crippen LogP contribution in [-0.4, -0.2) is 83.0 Å². The molecule has 10 nitrogen and oxygen atoms in total. The van der Waals surface area contributed by atoms with Gasteiger partial charge in [-0.1, -0.05) is 36.4 Å². The molecule has 3 atom stereocenters. The number of ether oxygens (including phenoxy) is 2. The molecule has 1 aromatic heterocycles. The number of benzene rings is 1. The number of rotatable bonds is 9. The molecular weight excluding hydrogens is 462 g/mol. The average Bonchev–Trinajstić information content (AvgIpc) is 3.19. The highest BCUT2D eigenvalue weighted by molar-refractivity contribution is 5.91. The lowest BCUT2D eigenvalue weighted by Crippen LogP contribution is -2.71. The lowest BCUT2D eigenvalue weighted by atomic mass is 9.87. The van der Waals surface area contributed by atoms with Gasteiger partial charge in [0, 0.05) is 18.8 Å². The van der Waals surface area contributed by atoms with E-state index in [0.29, 0.717) is 13.0 Å². The fraction of sp³-hybridized carbons (Fsp3) is 0.500. The molecule has 4 rings (SSSR count). The smallest absolute Gasteiger partial charge is 0.247 e. The van der Waals surface area contributed by atoms with Crippen LogP contribution in [0.4, 0.5) is 0 Å². The summed E-state index contributed by atoms with van der Waals surface area (Å²) in [7, 11) is 0. The first-order valence-electron chi connectivity index (χ1n) is 12.2. The van der Waals surface area contributed by atoms with Gasteiger partial charge in [0.05, 0.1) is 38.4 Å². The maximum Gasteiger partial charge on any atom is 0.247 e. The Kier molecular flexibility index (Phi) is 7.72. The zero-order chi connectivity index (χ0) is 25.8. The molecule has 36 heavy (non-hydrogen) atoms. The van der Waals surface area contributed by atoms with Crippen LogP contribution in [0.15, 0.2) is 54.9 Å². The fourth-order valence-electron chi connectivity index (χ4n) is 4.76. The van der Waals surface area contributed by atoms with Crippen molar-refractivity contribution in [1.82, 2.24) is 15.2 Å². The maximum atomic E-state index is 13.7. The number of nitrogens with one attached hydrogen (secondary N) is 1. The number of nitrogens with two attached hydrogens (primary N) is 1. The van der Waals surface area contributed by atoms with Crippen molar-refractivity contribution in [2.45, 2.75) is 44.0 Å². The fourth-order valence-corrected chi connectivity index (χ4v) is 4.76. The van der Waals surface area contributed by atoms with Gasteiger partial charge in [0.1, 0.15) is 18.2 Å². The molecule has 3 N–H and O–H groups in total. The Morgan fingerprint density at radius 2 is 2.03 bits per heavy atom. The number of fused-ring (bicyclic) bond motifs is 1. The van der Waals surface area contributed by atoms with Gasteiger partial charge in [0.2, 0.25) is 11.8 Å². The minimum absolute atomic E-state index is 0.0183. The Hall–Kier alpha value is -2.89. The standard InChI is InChI=1S/C26H35N5O5/c1-25(2,27)24(33)29-22(16-35-15-20-7-4-3-5-8-20)23(32)30-11-12-31(34)19-36-18-26(31,17-30)13-21-9-6-10-28-14-21/h3-10,14,22H,11-13,15-19,27H2,1-2H3,(H,29,33). The minimum atomic E-state index is -1.16. The number of aromatic nitrogens is 1. The van der Waals surface area contributed by atoms with Gasteiger partial charge in [-0.05, 0) is 31.0 Å². The molecule has 2 aromatic rings. The monoisotopic (exact) mass is 497 g/mol. The van der Waals surface area contributed by atoms with Crippen LogP contribution in [0.5, 0.6) is 0 Å². The normalized spacial score (nSPS) is 24.7. The van der Waals surface area contributed by atoms with Gasteiger partial charge >= 0.3 is 0 Å². The SMILES string of the molecule is CC(C)(N)C(=O)NC(COCc1ccccc1)C(=O)N1CC[N+]2([O-])COCC2(Cc2cccnc2)C1. The zero-order valence-corrected chi connectivity index (χ0v) is 20.9. The van der Waals surface area contributed by atoms with Crippen LogP contribution in [0.25, 0.3) is 0 Å². The molecule has 1 aromatic carbocycles. The van der Waals surface area contributed by atoms with E-state index in [-0.39, 0.29) is 45.5 Å². The Labute approximate surface area is 211 Å². The Morgan fingerprint density at radius 3 is 2.72 bits per heavy atom. The summed E-state index contributed by atoms with van der Waals surface area (Å²) in [6, 6.07) is 12.4. The van der Waals surface area contributed by atoms with Crippen molar-refractivity contribution in [1.29, 1.82) is 0 Å². The number of amides is 2. The maximum absolute atomic E-state index is 13.7. The van der Waals surface area contributed by atoms with Crippen LogP contribution >= 0.6 is 0 Å². The van der Waals surface area contributed by atoms with Gasteiger partial charge in [-0.2, -0.15) is 0 Å². The zero-order valence-electron chi connectivity index (χ0n) is 20.9. The lowest BCUT2D eigenvalue weighted by molar-refractivity contribution is -0.929. The first kappa shape index (κ1) is 26.2. The number of carbonyl (C=O) groups is 2. The summed E-state index contributed by atoms with van der Waals surface area (Å²) in [5, 5.41) is 16.5. The van der Waals surface area contributed by atoms with Crippen LogP contribution in [0, 0.1) is 5.21 Å². The van der Waals surface area contributed by atoms with E-state index in [0.717, 1.165) is 11.1 Å². The molecular formula is C26H35N5O5. The summed E-state index contributed by atoms with van der Waals surface area (Å²) >= 11 is 0. The van der Waals surface area contributed by atoms with Gasteiger partial charge in [0.25, 0.3) is 0 Å². The Bertz CT molecular complexity index is 1050. The number of carbonyl (C=O) groups excluding carboxylic acids is 2. The molecule has 3 heterocycles. The van der Waals surface area contributed by atoms with Crippen LogP contribution in [0.1, 0.15) is 25.0 Å². The van der Waals surface area contributed by atoms with E-state index in [9.17, 15) is 14.8 Å². The van der Waals surface area contributed by atoms with Crippen LogP contribution < -0.4 is 11.1 Å². The van der Waals surface area contributed by atoms with Gasteiger partial charge in [-0.25, -0.2) is 0 Å². The summed E-state index contributed by atoms with van der Waals surface area (Å²) in [5.74, 6) is -0.756. The predicted molar refractivity (Wildman–Crippen MR) is 133 cm³/mol. The lowest BCUT2D eigenvalue weighted by Gasteiger charge is -2.56. The molecule has 0 aliphatic carbocycles. The Balaban J connectivity index is 1.51. The topological polar surface area (TPSA) is 130 Å². The number of piperazine rings is 1. The van der Waals surface area contributed by atoms with Crippen molar-refractivity contribution in [2.24, 2.45) is 5.73 Å². The largest absolute Gasteiger partial charge is 0.631 e. The quantitative estimate of drug-likeness (QED) is 0.390. The summed E-state index contributed by atoms with van der Waals surface area (Å²) in [5.41, 5.74) is 5.84. The van der Waals surface area contributed by atoms with Gasteiger partial charge in [0.15, 0.2) is 6.73 Å². The number of hydrogen-bond donors (Lipinski definition) is 2. The summed E-state index contributed by atoms with van der Waals surface area (Å²) < 4.78 is 11.0. The van der Waals surface area contributed by atoms with E-state index < -0.39 is 27.7 Å². The molecule has 0 saturated carbocycles. The van der Waals surface area contributed by atoms with Crippen molar-refractivity contribution in [3.8, 4) is 0 Å². The van der Waals surface area contributed by atoms with E-state index >= 15 is 0 Å². The number of hydroxylamine groups is 3. The highest BCUT2D eigenvalue weighted by Gasteiger charge is 2.55. The predicted octanol–water partition coefficient (Wildman–Crippen LogP) is 0.946. The first-order valence-corrected chi connectivity index (χ1v) is 12.2. The molecule has 0 bridgehead atoms.